The fourth-order valence-corrected chi connectivity index (χ4v) is 4.15. The second-order valence-electron chi connectivity index (χ2n) is 8.80. The van der Waals surface area contributed by atoms with Crippen LogP contribution in [0.1, 0.15) is 55.5 Å². The zero-order valence-electron chi connectivity index (χ0n) is 19.0. The molecule has 178 valence electrons. The summed E-state index contributed by atoms with van der Waals surface area (Å²) in [5.41, 5.74) is 2.54. The van der Waals surface area contributed by atoms with Crippen molar-refractivity contribution >= 4 is 17.8 Å². The van der Waals surface area contributed by atoms with Crippen LogP contribution in [0, 0.1) is 0 Å². The van der Waals surface area contributed by atoms with Crippen LogP contribution < -0.4 is 10.6 Å². The molecule has 2 aromatic rings. The number of rotatable bonds is 7. The lowest BCUT2D eigenvalue weighted by Crippen LogP contribution is -2.48. The third kappa shape index (κ3) is 5.27. The molecule has 3 heterocycles. The fourth-order valence-electron chi connectivity index (χ4n) is 4.15. The molecule has 1 saturated heterocycles. The fraction of sp³-hybridized carbons (Fsp3) is 0.417. The van der Waals surface area contributed by atoms with Gasteiger partial charge in [0.25, 0.3) is 0 Å². The Balaban J connectivity index is 1.53. The molecule has 0 radical (unpaired) electrons. The van der Waals surface area contributed by atoms with Gasteiger partial charge in [0.2, 0.25) is 11.8 Å². The Kier molecular flexibility index (Phi) is 6.95. The summed E-state index contributed by atoms with van der Waals surface area (Å²) in [5, 5.41) is 12.4. The molecule has 2 aliphatic heterocycles. The van der Waals surface area contributed by atoms with Gasteiger partial charge in [-0.2, -0.15) is 5.11 Å². The minimum absolute atomic E-state index is 0.0999. The quantitative estimate of drug-likeness (QED) is 0.652. The third-order valence-corrected chi connectivity index (χ3v) is 6.01. The van der Waals surface area contributed by atoms with Crippen molar-refractivity contribution in [1.29, 1.82) is 0 Å². The van der Waals surface area contributed by atoms with E-state index in [9.17, 15) is 18.8 Å². The standard InChI is InChI=1S/C24H27FN6O3/c1-14(2)16-8-9-18(26-12-16)22(15-6-4-3-5-7-15)28-23(33)19-10-17(25)13-31(19)21(32)11-20-27-24(34)30-29-20/h3-9,12,14,17,19-20,22H,10-11,13H2,1-2H3,(H,27,34)(H,28,33)/t17-,19+,20?,22+/m1/s1. The number of nitrogens with one attached hydrogen (secondary N) is 2. The SMILES string of the molecule is CC(C)c1ccc([C@@H](NC(=O)[C@@H]2C[C@@H](F)CN2C(=O)CC2N=NC(=O)N2)c2ccccc2)nc1. The number of halogens is 1. The highest BCUT2D eigenvalue weighted by Gasteiger charge is 2.41. The normalized spacial score (nSPS) is 22.6. The van der Waals surface area contributed by atoms with Crippen LogP contribution in [0.25, 0.3) is 0 Å². The number of carbonyl (C=O) groups excluding carboxylic acids is 3. The maximum absolute atomic E-state index is 14.3. The van der Waals surface area contributed by atoms with E-state index in [4.69, 9.17) is 0 Å². The van der Waals surface area contributed by atoms with E-state index >= 15 is 0 Å². The molecular weight excluding hydrogens is 439 g/mol. The average molecular weight is 467 g/mol. The summed E-state index contributed by atoms with van der Waals surface area (Å²) in [6.07, 6.45) is -0.625. The number of urea groups is 1. The molecule has 10 heteroatoms. The predicted octanol–water partition coefficient (Wildman–Crippen LogP) is 3.24. The summed E-state index contributed by atoms with van der Waals surface area (Å²) < 4.78 is 14.3. The lowest BCUT2D eigenvalue weighted by Gasteiger charge is -2.27. The third-order valence-electron chi connectivity index (χ3n) is 6.01. The van der Waals surface area contributed by atoms with E-state index in [1.54, 1.807) is 6.20 Å². The Hall–Kier alpha value is -3.69. The minimum Gasteiger partial charge on any atom is -0.342 e. The van der Waals surface area contributed by atoms with Gasteiger partial charge in [-0.3, -0.25) is 14.6 Å². The van der Waals surface area contributed by atoms with E-state index in [1.807, 2.05) is 42.5 Å². The van der Waals surface area contributed by atoms with Crippen molar-refractivity contribution in [3.63, 3.8) is 0 Å². The summed E-state index contributed by atoms with van der Waals surface area (Å²) in [6.45, 7) is 3.96. The number of benzene rings is 1. The van der Waals surface area contributed by atoms with E-state index < -0.39 is 42.3 Å². The van der Waals surface area contributed by atoms with Crippen LogP contribution in [0.3, 0.4) is 0 Å². The van der Waals surface area contributed by atoms with E-state index in [0.717, 1.165) is 11.1 Å². The molecule has 2 N–H and O–H groups in total. The molecule has 1 fully saturated rings. The minimum atomic E-state index is -1.32. The van der Waals surface area contributed by atoms with Gasteiger partial charge in [0, 0.05) is 12.6 Å². The van der Waals surface area contributed by atoms with Crippen LogP contribution in [0.2, 0.25) is 0 Å². The van der Waals surface area contributed by atoms with Crippen molar-refractivity contribution in [2.75, 3.05) is 6.54 Å². The van der Waals surface area contributed by atoms with E-state index in [1.165, 1.54) is 4.90 Å². The molecule has 4 atom stereocenters. The Bertz CT molecular complexity index is 1080. The second kappa shape index (κ2) is 10.1. The summed E-state index contributed by atoms with van der Waals surface area (Å²) >= 11 is 0. The average Bonchev–Trinajstić information content (AvgIpc) is 3.43. The summed E-state index contributed by atoms with van der Waals surface area (Å²) in [7, 11) is 0. The second-order valence-corrected chi connectivity index (χ2v) is 8.80. The largest absolute Gasteiger partial charge is 0.361 e. The highest BCUT2D eigenvalue weighted by atomic mass is 19.1. The van der Waals surface area contributed by atoms with Crippen LogP contribution in [-0.4, -0.2) is 52.7 Å². The maximum Gasteiger partial charge on any atom is 0.361 e. The number of pyridine rings is 1. The number of carbonyl (C=O) groups is 3. The number of hydrogen-bond donors (Lipinski definition) is 2. The van der Waals surface area contributed by atoms with Crippen molar-refractivity contribution in [3.05, 3.63) is 65.5 Å². The van der Waals surface area contributed by atoms with Crippen molar-refractivity contribution < 1.29 is 18.8 Å². The summed E-state index contributed by atoms with van der Waals surface area (Å²) in [5.74, 6) is -0.619. The highest BCUT2D eigenvalue weighted by molar-refractivity contribution is 5.89. The Morgan fingerprint density at radius 2 is 1.94 bits per heavy atom. The Morgan fingerprint density at radius 3 is 2.56 bits per heavy atom. The number of azo groups is 1. The number of amides is 4. The van der Waals surface area contributed by atoms with E-state index in [-0.39, 0.29) is 19.4 Å². The number of likely N-dealkylation sites (tertiary alicyclic amines) is 1. The Labute approximate surface area is 196 Å². The predicted molar refractivity (Wildman–Crippen MR) is 122 cm³/mol. The molecule has 0 bridgehead atoms. The van der Waals surface area contributed by atoms with Crippen LogP contribution in [0.15, 0.2) is 58.9 Å². The van der Waals surface area contributed by atoms with Crippen LogP contribution >= 0.6 is 0 Å². The van der Waals surface area contributed by atoms with Gasteiger partial charge in [-0.25, -0.2) is 9.18 Å². The number of nitrogens with zero attached hydrogens (tertiary/aromatic N) is 4. The van der Waals surface area contributed by atoms with Crippen LogP contribution in [-0.2, 0) is 9.59 Å². The van der Waals surface area contributed by atoms with Gasteiger partial charge in [-0.15, -0.1) is 0 Å². The molecule has 1 aromatic carbocycles. The number of aromatic nitrogens is 1. The van der Waals surface area contributed by atoms with Gasteiger partial charge in [-0.05, 0) is 23.1 Å². The van der Waals surface area contributed by atoms with Crippen LogP contribution in [0.4, 0.5) is 9.18 Å². The number of alkyl halides is 1. The Morgan fingerprint density at radius 1 is 1.18 bits per heavy atom. The van der Waals surface area contributed by atoms with E-state index in [2.05, 4.69) is 39.7 Å². The van der Waals surface area contributed by atoms with Crippen molar-refractivity contribution in [2.24, 2.45) is 10.2 Å². The van der Waals surface area contributed by atoms with Gasteiger partial charge < -0.3 is 15.5 Å². The lowest BCUT2D eigenvalue weighted by atomic mass is 10.00. The van der Waals surface area contributed by atoms with Gasteiger partial charge in [-0.1, -0.05) is 55.4 Å². The molecule has 2 aliphatic rings. The first-order valence-corrected chi connectivity index (χ1v) is 11.3. The first kappa shape index (κ1) is 23.5. The van der Waals surface area contributed by atoms with E-state index in [0.29, 0.717) is 11.6 Å². The molecule has 0 aliphatic carbocycles. The summed E-state index contributed by atoms with van der Waals surface area (Å²) in [6, 6.07) is 11.1. The van der Waals surface area contributed by atoms with Crippen molar-refractivity contribution in [3.8, 4) is 0 Å². The lowest BCUT2D eigenvalue weighted by molar-refractivity contribution is -0.139. The molecule has 4 rings (SSSR count). The van der Waals surface area contributed by atoms with Gasteiger partial charge in [0.15, 0.2) is 6.17 Å². The molecule has 0 saturated carbocycles. The zero-order valence-corrected chi connectivity index (χ0v) is 19.0. The molecule has 4 amide bonds. The van der Waals surface area contributed by atoms with Crippen molar-refractivity contribution in [2.45, 2.75) is 57.0 Å². The molecule has 1 unspecified atom stereocenters. The topological polar surface area (TPSA) is 116 Å². The molecule has 1 aromatic heterocycles. The molecule has 9 nitrogen and oxygen atoms in total. The monoisotopic (exact) mass is 466 g/mol. The molecular formula is C24H27FN6O3. The smallest absolute Gasteiger partial charge is 0.342 e. The first-order chi connectivity index (χ1) is 16.3. The molecule has 34 heavy (non-hydrogen) atoms. The first-order valence-electron chi connectivity index (χ1n) is 11.3. The highest BCUT2D eigenvalue weighted by Crippen LogP contribution is 2.26. The van der Waals surface area contributed by atoms with Gasteiger partial charge in [0.05, 0.1) is 24.7 Å². The maximum atomic E-state index is 14.3. The molecule has 0 spiro atoms. The zero-order chi connectivity index (χ0) is 24.2. The van der Waals surface area contributed by atoms with Crippen LogP contribution in [0.5, 0.6) is 0 Å². The summed E-state index contributed by atoms with van der Waals surface area (Å²) in [4.78, 5) is 43.1. The van der Waals surface area contributed by atoms with Gasteiger partial charge in [0.1, 0.15) is 12.2 Å². The number of hydrogen-bond acceptors (Lipinski definition) is 5. The van der Waals surface area contributed by atoms with Gasteiger partial charge >= 0.3 is 6.03 Å². The van der Waals surface area contributed by atoms with Crippen molar-refractivity contribution in [1.82, 2.24) is 20.5 Å².